The average molecular weight is 450 g/mol. The summed E-state index contributed by atoms with van der Waals surface area (Å²) < 4.78 is 6.93. The van der Waals surface area contributed by atoms with Crippen molar-refractivity contribution in [3.05, 3.63) is 93.2 Å². The van der Waals surface area contributed by atoms with Gasteiger partial charge < -0.3 is 4.74 Å². The molecule has 0 spiro atoms. The zero-order chi connectivity index (χ0) is 21.8. The number of halogens is 1. The van der Waals surface area contributed by atoms with E-state index in [1.54, 1.807) is 35.4 Å². The quantitative estimate of drug-likeness (QED) is 0.332. The average Bonchev–Trinajstić information content (AvgIpc) is 3.20. The van der Waals surface area contributed by atoms with Gasteiger partial charge in [0.25, 0.3) is 0 Å². The highest BCUT2D eigenvalue weighted by Crippen LogP contribution is 2.24. The lowest BCUT2D eigenvalue weighted by Crippen LogP contribution is -2.18. The molecular weight excluding hydrogens is 434 g/mol. The summed E-state index contributed by atoms with van der Waals surface area (Å²) >= 11 is 7.35. The van der Waals surface area contributed by atoms with Gasteiger partial charge in [-0.2, -0.15) is 5.10 Å². The third-order valence-electron chi connectivity index (χ3n) is 4.49. The van der Waals surface area contributed by atoms with E-state index in [1.807, 2.05) is 36.4 Å². The van der Waals surface area contributed by atoms with Crippen molar-refractivity contribution in [1.29, 1.82) is 0 Å². The molecule has 1 aromatic heterocycles. The van der Waals surface area contributed by atoms with Crippen LogP contribution in [0.1, 0.15) is 11.3 Å². The van der Waals surface area contributed by atoms with Crippen LogP contribution in [0.4, 0.5) is 0 Å². The SMILES string of the molecule is COc1ccc(/C=N/N=c2\scc(C3=CC(=O)C=CC3=O)n2-c2ccc(Cl)cc2)cc1. The molecule has 0 atom stereocenters. The van der Waals surface area contributed by atoms with Crippen molar-refractivity contribution in [1.82, 2.24) is 4.57 Å². The number of nitrogens with zero attached hydrogens (tertiary/aromatic N) is 3. The maximum Gasteiger partial charge on any atom is 0.215 e. The maximum absolute atomic E-state index is 12.4. The molecular formula is C23H16ClN3O3S. The number of allylic oxidation sites excluding steroid dienone is 4. The van der Waals surface area contributed by atoms with Gasteiger partial charge in [0.2, 0.25) is 4.80 Å². The molecule has 8 heteroatoms. The summed E-state index contributed by atoms with van der Waals surface area (Å²) in [5.41, 5.74) is 2.47. The molecule has 0 amide bonds. The Labute approximate surface area is 187 Å². The Hall–Kier alpha value is -3.55. The predicted octanol–water partition coefficient (Wildman–Crippen LogP) is 4.23. The van der Waals surface area contributed by atoms with Gasteiger partial charge in [-0.1, -0.05) is 11.6 Å². The second-order valence-electron chi connectivity index (χ2n) is 6.49. The van der Waals surface area contributed by atoms with E-state index in [9.17, 15) is 9.59 Å². The third-order valence-corrected chi connectivity index (χ3v) is 5.55. The number of carbonyl (C=O) groups excluding carboxylic acids is 2. The molecule has 0 bridgehead atoms. The topological polar surface area (TPSA) is 73.0 Å². The second-order valence-corrected chi connectivity index (χ2v) is 7.76. The van der Waals surface area contributed by atoms with Crippen LogP contribution in [0.3, 0.4) is 0 Å². The molecule has 1 heterocycles. The molecule has 0 saturated heterocycles. The van der Waals surface area contributed by atoms with E-state index in [4.69, 9.17) is 16.3 Å². The Kier molecular flexibility index (Phi) is 6.06. The van der Waals surface area contributed by atoms with Crippen LogP contribution in [0.15, 0.2) is 82.3 Å². The van der Waals surface area contributed by atoms with E-state index in [-0.39, 0.29) is 11.6 Å². The van der Waals surface area contributed by atoms with Crippen molar-refractivity contribution in [3.8, 4) is 11.4 Å². The standard InChI is InChI=1S/C23H16ClN3O3S/c1-30-19-9-2-15(3-10-19)13-25-26-23-27(17-6-4-16(24)5-7-17)21(14-31-23)20-12-18(28)8-11-22(20)29/h2-14H,1H3/b25-13+,26-23-. The Morgan fingerprint density at radius 3 is 2.48 bits per heavy atom. The number of ether oxygens (including phenoxy) is 1. The number of benzene rings is 2. The van der Waals surface area contributed by atoms with E-state index < -0.39 is 0 Å². The Balaban J connectivity index is 1.79. The highest BCUT2D eigenvalue weighted by Gasteiger charge is 2.20. The summed E-state index contributed by atoms with van der Waals surface area (Å²) in [4.78, 5) is 24.8. The summed E-state index contributed by atoms with van der Waals surface area (Å²) in [5.74, 6) is 0.277. The van der Waals surface area contributed by atoms with Crippen molar-refractivity contribution >= 4 is 46.3 Å². The largest absolute Gasteiger partial charge is 0.497 e. The van der Waals surface area contributed by atoms with Gasteiger partial charge in [-0.3, -0.25) is 14.2 Å². The molecule has 2 aromatic carbocycles. The Morgan fingerprint density at radius 1 is 1.03 bits per heavy atom. The minimum atomic E-state index is -0.242. The summed E-state index contributed by atoms with van der Waals surface area (Å²) in [6.07, 6.45) is 5.50. The van der Waals surface area contributed by atoms with Crippen LogP contribution in [-0.2, 0) is 9.59 Å². The molecule has 6 nitrogen and oxygen atoms in total. The Morgan fingerprint density at radius 2 is 1.77 bits per heavy atom. The first-order valence-corrected chi connectivity index (χ1v) is 10.5. The van der Waals surface area contributed by atoms with Crippen molar-refractivity contribution in [2.24, 2.45) is 10.2 Å². The number of carbonyl (C=O) groups is 2. The summed E-state index contributed by atoms with van der Waals surface area (Å²) in [5, 5.41) is 10.9. The van der Waals surface area contributed by atoms with Crippen LogP contribution >= 0.6 is 22.9 Å². The van der Waals surface area contributed by atoms with Crippen LogP contribution in [0.5, 0.6) is 5.75 Å². The van der Waals surface area contributed by atoms with Gasteiger partial charge in [-0.25, -0.2) is 0 Å². The molecule has 0 saturated carbocycles. The van der Waals surface area contributed by atoms with Crippen LogP contribution in [0.2, 0.25) is 5.02 Å². The number of aromatic nitrogens is 1. The van der Waals surface area contributed by atoms with Crippen LogP contribution in [0, 0.1) is 0 Å². The lowest BCUT2D eigenvalue weighted by atomic mass is 10.0. The fourth-order valence-corrected chi connectivity index (χ4v) is 3.93. The van der Waals surface area contributed by atoms with E-state index in [2.05, 4.69) is 10.2 Å². The zero-order valence-electron chi connectivity index (χ0n) is 16.4. The van der Waals surface area contributed by atoms with Crippen LogP contribution in [0.25, 0.3) is 11.3 Å². The zero-order valence-corrected chi connectivity index (χ0v) is 17.9. The minimum absolute atomic E-state index is 0.237. The Bertz CT molecular complexity index is 1300. The number of thiazole rings is 1. The number of hydrogen-bond acceptors (Lipinski definition) is 6. The van der Waals surface area contributed by atoms with E-state index in [0.717, 1.165) is 17.0 Å². The molecule has 154 valence electrons. The van der Waals surface area contributed by atoms with Gasteiger partial charge in [0.15, 0.2) is 11.6 Å². The molecule has 3 aromatic rings. The molecule has 0 aliphatic heterocycles. The highest BCUT2D eigenvalue weighted by atomic mass is 35.5. The van der Waals surface area contributed by atoms with Crippen molar-refractivity contribution in [3.63, 3.8) is 0 Å². The van der Waals surface area contributed by atoms with Gasteiger partial charge in [-0.05, 0) is 72.3 Å². The molecule has 0 radical (unpaired) electrons. The number of hydrogen-bond donors (Lipinski definition) is 0. The van der Waals surface area contributed by atoms with E-state index in [0.29, 0.717) is 21.1 Å². The fraction of sp³-hybridized carbons (Fsp3) is 0.0435. The van der Waals surface area contributed by atoms with Gasteiger partial charge in [0, 0.05) is 16.1 Å². The lowest BCUT2D eigenvalue weighted by molar-refractivity contribution is -0.113. The van der Waals surface area contributed by atoms with Crippen molar-refractivity contribution in [2.75, 3.05) is 7.11 Å². The highest BCUT2D eigenvalue weighted by molar-refractivity contribution is 7.07. The number of rotatable bonds is 5. The summed E-state index contributed by atoms with van der Waals surface area (Å²) in [7, 11) is 1.61. The second kappa shape index (κ2) is 9.07. The van der Waals surface area contributed by atoms with Crippen LogP contribution < -0.4 is 9.54 Å². The van der Waals surface area contributed by atoms with Gasteiger partial charge in [0.1, 0.15) is 5.75 Å². The summed E-state index contributed by atoms with van der Waals surface area (Å²) in [6.45, 7) is 0. The first-order chi connectivity index (χ1) is 15.0. The van der Waals surface area contributed by atoms with Gasteiger partial charge in [0.05, 0.1) is 24.6 Å². The fourth-order valence-electron chi connectivity index (χ4n) is 2.95. The first kappa shape index (κ1) is 20.7. The van der Waals surface area contributed by atoms with Crippen molar-refractivity contribution in [2.45, 2.75) is 0 Å². The number of ketones is 2. The predicted molar refractivity (Wildman–Crippen MR) is 122 cm³/mol. The minimum Gasteiger partial charge on any atom is -0.497 e. The maximum atomic E-state index is 12.4. The molecule has 4 rings (SSSR count). The molecule has 0 fully saturated rings. The molecule has 1 aliphatic rings. The lowest BCUT2D eigenvalue weighted by Gasteiger charge is -2.11. The van der Waals surface area contributed by atoms with Gasteiger partial charge >= 0.3 is 0 Å². The normalized spacial score (nSPS) is 14.4. The van der Waals surface area contributed by atoms with E-state index >= 15 is 0 Å². The van der Waals surface area contributed by atoms with Crippen molar-refractivity contribution < 1.29 is 14.3 Å². The third kappa shape index (κ3) is 4.63. The first-order valence-electron chi connectivity index (χ1n) is 9.21. The number of methoxy groups -OCH3 is 1. The van der Waals surface area contributed by atoms with Crippen LogP contribution in [-0.4, -0.2) is 29.5 Å². The summed E-state index contributed by atoms with van der Waals surface area (Å²) in [6, 6.07) is 14.5. The smallest absolute Gasteiger partial charge is 0.215 e. The van der Waals surface area contributed by atoms with Gasteiger partial charge in [-0.15, -0.1) is 16.4 Å². The molecule has 31 heavy (non-hydrogen) atoms. The molecule has 1 aliphatic carbocycles. The molecule has 0 unspecified atom stereocenters. The monoisotopic (exact) mass is 449 g/mol. The van der Waals surface area contributed by atoms with E-state index in [1.165, 1.54) is 29.6 Å². The molecule has 0 N–H and O–H groups in total.